The van der Waals surface area contributed by atoms with Crippen molar-refractivity contribution in [2.24, 2.45) is 0 Å². The first-order valence-electron chi connectivity index (χ1n) is 2.96. The van der Waals surface area contributed by atoms with Crippen LogP contribution in [0.1, 0.15) is 13.3 Å². The number of halogens is 2. The molecule has 0 saturated heterocycles. The fourth-order valence-corrected chi connectivity index (χ4v) is 1.24. The van der Waals surface area contributed by atoms with Gasteiger partial charge in [-0.15, -0.1) is 0 Å². The lowest BCUT2D eigenvalue weighted by atomic mass is 10.5. The molecule has 0 aromatic rings. The minimum absolute atomic E-state index is 0.0558. The third-order valence-electron chi connectivity index (χ3n) is 1.09. The maximum Gasteiger partial charge on any atom is 0.239 e. The predicted molar refractivity (Wildman–Crippen MR) is 34.9 cm³/mol. The fraction of sp³-hybridized carbons (Fsp3) is 1.00. The van der Waals surface area contributed by atoms with Crippen LogP contribution in [0.15, 0.2) is 0 Å². The van der Waals surface area contributed by atoms with Crippen LogP contribution in [0.4, 0.5) is 8.78 Å². The summed E-state index contributed by atoms with van der Waals surface area (Å²) in [7, 11) is -3.19. The van der Waals surface area contributed by atoms with E-state index in [4.69, 9.17) is 0 Å². The van der Waals surface area contributed by atoms with Crippen LogP contribution in [0.3, 0.4) is 0 Å². The summed E-state index contributed by atoms with van der Waals surface area (Å²) in [6.45, 7) is 1.45. The van der Waals surface area contributed by atoms with Crippen LogP contribution in [-0.4, -0.2) is 26.3 Å². The molecule has 0 aliphatic rings. The van der Waals surface area contributed by atoms with E-state index in [2.05, 4.69) is 0 Å². The van der Waals surface area contributed by atoms with Gasteiger partial charge < -0.3 is 0 Å². The molecule has 0 heterocycles. The average Bonchev–Trinajstić information content (AvgIpc) is 1.85. The van der Waals surface area contributed by atoms with Gasteiger partial charge in [0, 0.05) is 12.2 Å². The van der Waals surface area contributed by atoms with E-state index in [1.165, 1.54) is 6.92 Å². The quantitative estimate of drug-likeness (QED) is 0.635. The molecule has 62 valence electrons. The summed E-state index contributed by atoms with van der Waals surface area (Å²) in [5.74, 6) is -0.457. The van der Waals surface area contributed by atoms with Gasteiger partial charge in [0.2, 0.25) is 6.43 Å². The molecule has 2 nitrogen and oxygen atoms in total. The summed E-state index contributed by atoms with van der Waals surface area (Å²) in [4.78, 5) is 0. The number of hydrogen-bond donors (Lipinski definition) is 0. The van der Waals surface area contributed by atoms with E-state index in [0.29, 0.717) is 0 Å². The second-order valence-corrected chi connectivity index (χ2v) is 4.39. The van der Waals surface area contributed by atoms with Crippen molar-refractivity contribution in [2.45, 2.75) is 19.8 Å². The molecule has 0 unspecified atom stereocenters. The van der Waals surface area contributed by atoms with E-state index in [9.17, 15) is 17.2 Å². The van der Waals surface area contributed by atoms with Gasteiger partial charge in [0.15, 0.2) is 0 Å². The van der Waals surface area contributed by atoms with Crippen molar-refractivity contribution in [1.82, 2.24) is 0 Å². The lowest BCUT2D eigenvalue weighted by molar-refractivity contribution is 0.145. The van der Waals surface area contributed by atoms with Gasteiger partial charge in [0.05, 0.1) is 5.75 Å². The predicted octanol–water partition coefficient (Wildman–Crippen LogP) is 1.08. The van der Waals surface area contributed by atoms with Gasteiger partial charge in [0.25, 0.3) is 0 Å². The molecule has 0 saturated carbocycles. The molecule has 0 bridgehead atoms. The number of alkyl halides is 2. The van der Waals surface area contributed by atoms with E-state index >= 15 is 0 Å². The highest BCUT2D eigenvalue weighted by molar-refractivity contribution is 7.91. The van der Waals surface area contributed by atoms with Gasteiger partial charge >= 0.3 is 0 Å². The molecule has 0 aromatic heterocycles. The zero-order chi connectivity index (χ0) is 8.20. The lowest BCUT2D eigenvalue weighted by Gasteiger charge is -1.98. The Hall–Kier alpha value is -0.190. The van der Waals surface area contributed by atoms with Gasteiger partial charge in [-0.2, -0.15) is 0 Å². The first kappa shape index (κ1) is 9.81. The van der Waals surface area contributed by atoms with Gasteiger partial charge in [-0.1, -0.05) is 6.92 Å². The third-order valence-corrected chi connectivity index (χ3v) is 2.82. The highest BCUT2D eigenvalue weighted by Crippen LogP contribution is 2.02. The van der Waals surface area contributed by atoms with Crippen molar-refractivity contribution < 1.29 is 17.2 Å². The van der Waals surface area contributed by atoms with Gasteiger partial charge in [-0.05, 0) is 0 Å². The highest BCUT2D eigenvalue weighted by Gasteiger charge is 2.11. The number of hydrogen-bond acceptors (Lipinski definition) is 2. The Bertz CT molecular complexity index is 174. The van der Waals surface area contributed by atoms with Gasteiger partial charge in [0.1, 0.15) is 9.84 Å². The van der Waals surface area contributed by atoms with Crippen molar-refractivity contribution in [3.05, 3.63) is 0 Å². The van der Waals surface area contributed by atoms with E-state index in [-0.39, 0.29) is 5.75 Å². The second-order valence-electron chi connectivity index (χ2n) is 1.92. The van der Waals surface area contributed by atoms with Crippen LogP contribution in [-0.2, 0) is 9.84 Å². The Kier molecular flexibility index (Phi) is 3.78. The molecule has 0 spiro atoms. The minimum atomic E-state index is -3.19. The van der Waals surface area contributed by atoms with E-state index in [1.807, 2.05) is 0 Å². The van der Waals surface area contributed by atoms with E-state index < -0.39 is 28.4 Å². The van der Waals surface area contributed by atoms with Gasteiger partial charge in [-0.25, -0.2) is 17.2 Å². The zero-order valence-electron chi connectivity index (χ0n) is 5.68. The Morgan fingerprint density at radius 2 is 1.90 bits per heavy atom. The first-order valence-corrected chi connectivity index (χ1v) is 4.78. The summed E-state index contributed by atoms with van der Waals surface area (Å²) < 4.78 is 44.0. The smallest absolute Gasteiger partial charge is 0.229 e. The number of rotatable bonds is 4. The summed E-state index contributed by atoms with van der Waals surface area (Å²) >= 11 is 0. The van der Waals surface area contributed by atoms with Crippen LogP contribution >= 0.6 is 0 Å². The fourth-order valence-electron chi connectivity index (χ4n) is 0.413. The maximum absolute atomic E-state index is 11.4. The maximum atomic E-state index is 11.4. The summed E-state index contributed by atoms with van der Waals surface area (Å²) in [5.41, 5.74) is 0. The molecule has 0 N–H and O–H groups in total. The molecule has 0 fully saturated rings. The van der Waals surface area contributed by atoms with Crippen molar-refractivity contribution in [2.75, 3.05) is 11.5 Å². The molecule has 0 aliphatic heterocycles. The van der Waals surface area contributed by atoms with Crippen LogP contribution in [0.5, 0.6) is 0 Å². The van der Waals surface area contributed by atoms with Crippen LogP contribution < -0.4 is 0 Å². The molecule has 0 amide bonds. The molecule has 0 radical (unpaired) electrons. The molecule has 0 rings (SSSR count). The standard InChI is InChI=1S/C5H10F2O2S/c1-2-10(8,9)4-3-5(6)7/h5H,2-4H2,1H3. The third kappa shape index (κ3) is 4.67. The van der Waals surface area contributed by atoms with Crippen LogP contribution in [0.2, 0.25) is 0 Å². The second kappa shape index (κ2) is 3.85. The Morgan fingerprint density at radius 3 is 2.20 bits per heavy atom. The Morgan fingerprint density at radius 1 is 1.40 bits per heavy atom. The summed E-state index contributed by atoms with van der Waals surface area (Å²) in [6, 6.07) is 0. The molecule has 0 aliphatic carbocycles. The zero-order valence-corrected chi connectivity index (χ0v) is 6.50. The lowest BCUT2D eigenvalue weighted by Crippen LogP contribution is -2.11. The van der Waals surface area contributed by atoms with Crippen molar-refractivity contribution >= 4 is 9.84 Å². The van der Waals surface area contributed by atoms with Crippen LogP contribution in [0, 0.1) is 0 Å². The molecular formula is C5H10F2O2S. The largest absolute Gasteiger partial charge is 0.239 e. The molecule has 0 aromatic carbocycles. The van der Waals surface area contributed by atoms with Crippen molar-refractivity contribution in [3.8, 4) is 0 Å². The highest BCUT2D eigenvalue weighted by atomic mass is 32.2. The monoisotopic (exact) mass is 172 g/mol. The molecular weight excluding hydrogens is 162 g/mol. The van der Waals surface area contributed by atoms with Gasteiger partial charge in [-0.3, -0.25) is 0 Å². The average molecular weight is 172 g/mol. The first-order chi connectivity index (χ1) is 4.48. The molecule has 5 heteroatoms. The Labute approximate surface area is 59.2 Å². The van der Waals surface area contributed by atoms with Crippen LogP contribution in [0.25, 0.3) is 0 Å². The Balaban J connectivity index is 3.70. The summed E-state index contributed by atoms with van der Waals surface area (Å²) in [5, 5.41) is 0. The SMILES string of the molecule is CCS(=O)(=O)CCC(F)F. The minimum Gasteiger partial charge on any atom is -0.229 e. The van der Waals surface area contributed by atoms with Crippen molar-refractivity contribution in [3.63, 3.8) is 0 Å². The number of sulfone groups is 1. The topological polar surface area (TPSA) is 34.1 Å². The molecule has 0 atom stereocenters. The van der Waals surface area contributed by atoms with E-state index in [1.54, 1.807) is 0 Å². The van der Waals surface area contributed by atoms with E-state index in [0.717, 1.165) is 0 Å². The summed E-state index contributed by atoms with van der Waals surface area (Å²) in [6.07, 6.45) is -3.06. The normalized spacial score (nSPS) is 12.4. The van der Waals surface area contributed by atoms with Crippen molar-refractivity contribution in [1.29, 1.82) is 0 Å². The molecule has 10 heavy (non-hydrogen) atoms.